The van der Waals surface area contributed by atoms with Crippen LogP contribution in [0, 0.1) is 0 Å². The Labute approximate surface area is 120 Å². The summed E-state index contributed by atoms with van der Waals surface area (Å²) in [5.41, 5.74) is 0. The average Bonchev–Trinajstić information content (AvgIpc) is 2.97. The first-order chi connectivity index (χ1) is 8.85. The molecule has 0 aliphatic rings. The first kappa shape index (κ1) is 17.9. The number of rotatable bonds is 9. The Balaban J connectivity index is 0.000000473. The standard InChI is InChI=1S/3C4H9.C2H3N3.Sn.H/c3*1-3-4-2;1-2-4-5-3-1;;/h3*1,3-4H2,2H3;1-2H,(H,3,4,5);;. The molecular weight excluding hydrogens is 329 g/mol. The van der Waals surface area contributed by atoms with Gasteiger partial charge in [0.05, 0.1) is 6.20 Å². The van der Waals surface area contributed by atoms with E-state index in [1.54, 1.807) is 25.7 Å². The summed E-state index contributed by atoms with van der Waals surface area (Å²) in [5, 5.41) is 9.26. The maximum atomic E-state index is 3.42. The zero-order valence-corrected chi connectivity index (χ0v) is 15.8. The van der Waals surface area contributed by atoms with Crippen molar-refractivity contribution in [2.75, 3.05) is 0 Å². The maximum Gasteiger partial charge on any atom is 0.0690 e. The molecule has 1 N–H and O–H groups in total. The van der Waals surface area contributed by atoms with Crippen LogP contribution in [0.25, 0.3) is 0 Å². The van der Waals surface area contributed by atoms with Crippen LogP contribution in [0.2, 0.25) is 13.3 Å². The number of nitrogens with one attached hydrogen (secondary N) is 1. The Morgan fingerprint density at radius 1 is 0.889 bits per heavy atom. The minimum absolute atomic E-state index is 0.967. The van der Waals surface area contributed by atoms with Crippen LogP contribution in [-0.2, 0) is 0 Å². The molecule has 1 aromatic rings. The van der Waals surface area contributed by atoms with Crippen molar-refractivity contribution in [2.45, 2.75) is 72.6 Å². The Hall–Kier alpha value is -0.0613. The zero-order chi connectivity index (χ0) is 13.5. The number of H-pyrrole nitrogens is 1. The van der Waals surface area contributed by atoms with Gasteiger partial charge in [0.25, 0.3) is 0 Å². The molecule has 3 nitrogen and oxygen atoms in total. The van der Waals surface area contributed by atoms with E-state index in [0.717, 1.165) is 0 Å². The molecule has 4 heteroatoms. The van der Waals surface area contributed by atoms with E-state index in [9.17, 15) is 0 Å². The fourth-order valence-electron chi connectivity index (χ4n) is 2.08. The SMILES string of the molecule is CCC[CH2][SnH]([CH2]CCC)[CH2]CCC.c1c[nH]nn1. The topological polar surface area (TPSA) is 41.6 Å². The molecule has 0 radical (unpaired) electrons. The number of unbranched alkanes of at least 4 members (excludes halogenated alkanes) is 3. The van der Waals surface area contributed by atoms with Crippen molar-refractivity contribution in [3.05, 3.63) is 12.4 Å². The van der Waals surface area contributed by atoms with E-state index in [1.807, 2.05) is 0 Å². The van der Waals surface area contributed by atoms with Gasteiger partial charge in [-0.05, 0) is 0 Å². The fourth-order valence-corrected chi connectivity index (χ4v) is 13.0. The van der Waals surface area contributed by atoms with Crippen molar-refractivity contribution in [3.63, 3.8) is 0 Å². The van der Waals surface area contributed by atoms with Crippen LogP contribution in [0.4, 0.5) is 0 Å². The number of hydrogen-bond acceptors (Lipinski definition) is 2. The van der Waals surface area contributed by atoms with Crippen LogP contribution in [0.1, 0.15) is 59.3 Å². The molecule has 106 valence electrons. The van der Waals surface area contributed by atoms with Crippen LogP contribution in [0.15, 0.2) is 12.4 Å². The maximum absolute atomic E-state index is 3.42. The smallest absolute Gasteiger partial charge is 0.0690 e. The van der Waals surface area contributed by atoms with Gasteiger partial charge in [-0.3, -0.25) is 5.10 Å². The second kappa shape index (κ2) is 15.0. The summed E-state index contributed by atoms with van der Waals surface area (Å²) in [6, 6.07) is 0. The van der Waals surface area contributed by atoms with Crippen molar-refractivity contribution in [1.29, 1.82) is 0 Å². The minimum Gasteiger partial charge on any atom is -0.266 e. The molecule has 0 unspecified atom stereocenters. The van der Waals surface area contributed by atoms with E-state index < -0.39 is 19.8 Å². The summed E-state index contributed by atoms with van der Waals surface area (Å²) in [4.78, 5) is 0. The minimum atomic E-state index is -0.967. The van der Waals surface area contributed by atoms with Gasteiger partial charge in [-0.25, -0.2) is 0 Å². The predicted octanol–water partition coefficient (Wildman–Crippen LogP) is 4.42. The van der Waals surface area contributed by atoms with Gasteiger partial charge < -0.3 is 0 Å². The van der Waals surface area contributed by atoms with Gasteiger partial charge in [0, 0.05) is 6.20 Å². The summed E-state index contributed by atoms with van der Waals surface area (Å²) in [5.74, 6) is 0. The van der Waals surface area contributed by atoms with E-state index in [2.05, 4.69) is 36.2 Å². The molecule has 0 fully saturated rings. The van der Waals surface area contributed by atoms with Crippen molar-refractivity contribution in [2.24, 2.45) is 0 Å². The molecule has 0 aliphatic carbocycles. The molecule has 0 aromatic carbocycles. The zero-order valence-electron chi connectivity index (χ0n) is 12.5. The van der Waals surface area contributed by atoms with Gasteiger partial charge in [0.15, 0.2) is 0 Å². The van der Waals surface area contributed by atoms with Crippen molar-refractivity contribution in [1.82, 2.24) is 15.4 Å². The van der Waals surface area contributed by atoms with Gasteiger partial charge in [0.2, 0.25) is 0 Å². The number of nitrogens with zero attached hydrogens (tertiary/aromatic N) is 2. The van der Waals surface area contributed by atoms with Crippen molar-refractivity contribution in [3.8, 4) is 0 Å². The van der Waals surface area contributed by atoms with E-state index in [0.29, 0.717) is 0 Å². The summed E-state index contributed by atoms with van der Waals surface area (Å²) < 4.78 is 5.08. The van der Waals surface area contributed by atoms with Gasteiger partial charge in [0.1, 0.15) is 0 Å². The normalized spacial score (nSPS) is 10.2. The molecular formula is C14H31N3Sn. The molecule has 0 aliphatic heterocycles. The van der Waals surface area contributed by atoms with Crippen LogP contribution < -0.4 is 0 Å². The molecule has 0 saturated heterocycles. The fraction of sp³-hybridized carbons (Fsp3) is 0.857. The molecule has 1 rings (SSSR count). The largest absolute Gasteiger partial charge is 0.266 e. The van der Waals surface area contributed by atoms with E-state index in [4.69, 9.17) is 0 Å². The van der Waals surface area contributed by atoms with E-state index in [1.165, 1.54) is 38.5 Å². The third-order valence-corrected chi connectivity index (χ3v) is 13.7. The predicted molar refractivity (Wildman–Crippen MR) is 82.7 cm³/mol. The van der Waals surface area contributed by atoms with Crippen LogP contribution in [0.3, 0.4) is 0 Å². The van der Waals surface area contributed by atoms with E-state index >= 15 is 0 Å². The summed E-state index contributed by atoms with van der Waals surface area (Å²) in [6.45, 7) is 7.01. The Bertz CT molecular complexity index is 191. The first-order valence-corrected chi connectivity index (χ1v) is 14.6. The molecule has 18 heavy (non-hydrogen) atoms. The monoisotopic (exact) mass is 361 g/mol. The molecule has 0 spiro atoms. The molecule has 0 amide bonds. The first-order valence-electron chi connectivity index (χ1n) is 7.65. The Morgan fingerprint density at radius 3 is 1.61 bits per heavy atom. The quantitative estimate of drug-likeness (QED) is 0.663. The second-order valence-electron chi connectivity index (χ2n) is 4.95. The molecule has 1 aromatic heterocycles. The molecule has 0 atom stereocenters. The summed E-state index contributed by atoms with van der Waals surface area (Å²) in [7, 11) is 0. The third kappa shape index (κ3) is 12.4. The second-order valence-corrected chi connectivity index (χ2v) is 14.8. The van der Waals surface area contributed by atoms with E-state index in [-0.39, 0.29) is 0 Å². The molecule has 0 bridgehead atoms. The molecule has 0 saturated carbocycles. The van der Waals surface area contributed by atoms with Gasteiger partial charge in [-0.2, -0.15) is 0 Å². The Morgan fingerprint density at radius 2 is 1.39 bits per heavy atom. The van der Waals surface area contributed by atoms with Crippen LogP contribution in [0.5, 0.6) is 0 Å². The number of hydrogen-bond donors (Lipinski definition) is 1. The summed E-state index contributed by atoms with van der Waals surface area (Å²) >= 11 is -0.967. The van der Waals surface area contributed by atoms with Crippen molar-refractivity contribution < 1.29 is 0 Å². The van der Waals surface area contributed by atoms with Crippen LogP contribution in [-0.4, -0.2) is 35.2 Å². The van der Waals surface area contributed by atoms with Crippen molar-refractivity contribution >= 4 is 19.8 Å². The molecule has 1 heterocycles. The summed E-state index contributed by atoms with van der Waals surface area (Å²) in [6.07, 6.45) is 12.1. The van der Waals surface area contributed by atoms with Gasteiger partial charge >= 0.3 is 92.4 Å². The number of aromatic amines is 1. The average molecular weight is 360 g/mol. The number of aromatic nitrogens is 3. The van der Waals surface area contributed by atoms with Gasteiger partial charge in [-0.1, -0.05) is 5.21 Å². The Kier molecular flexibility index (Phi) is 14.9. The van der Waals surface area contributed by atoms with Crippen LogP contribution >= 0.6 is 0 Å². The third-order valence-electron chi connectivity index (χ3n) is 3.23. The van der Waals surface area contributed by atoms with Gasteiger partial charge in [-0.15, -0.1) is 5.10 Å².